The Morgan fingerprint density at radius 3 is 1.38 bits per heavy atom. The van der Waals surface area contributed by atoms with E-state index in [1.54, 1.807) is 0 Å². The van der Waals surface area contributed by atoms with E-state index in [0.29, 0.717) is 19.3 Å². The second-order valence-electron chi connectivity index (χ2n) is 17.0. The summed E-state index contributed by atoms with van der Waals surface area (Å²) in [4.78, 5) is 73.2. The molecule has 8 atom stereocenters. The van der Waals surface area contributed by atoms with Gasteiger partial charge in [0.05, 0.1) is 6.61 Å². The van der Waals surface area contributed by atoms with Crippen LogP contribution in [0.15, 0.2) is 60.8 Å². The summed E-state index contributed by atoms with van der Waals surface area (Å²) in [5.41, 5.74) is 0. The summed E-state index contributed by atoms with van der Waals surface area (Å²) in [6.45, 7) is 2.86. The van der Waals surface area contributed by atoms with Gasteiger partial charge < -0.3 is 49.3 Å². The number of aliphatic hydroxyl groups is 3. The number of allylic oxidation sites excluding steroid dienone is 10. The first kappa shape index (κ1) is 64.9. The van der Waals surface area contributed by atoms with E-state index < -0.39 is 91.3 Å². The molecule has 69 heavy (non-hydrogen) atoms. The van der Waals surface area contributed by atoms with Crippen molar-refractivity contribution in [2.75, 3.05) is 13.2 Å². The molecule has 0 aliphatic heterocycles. The molecular formula is C47H83O19P3. The first-order chi connectivity index (χ1) is 32.8. The molecule has 0 aromatic carbocycles. The Morgan fingerprint density at radius 1 is 0.464 bits per heavy atom. The zero-order chi connectivity index (χ0) is 51.4. The molecule has 400 valence electrons. The number of ether oxygens (including phenoxy) is 2. The zero-order valence-corrected chi connectivity index (χ0v) is 43.3. The molecule has 1 aliphatic carbocycles. The Labute approximate surface area is 409 Å². The molecule has 1 rings (SSSR count). The van der Waals surface area contributed by atoms with Crippen LogP contribution in [0.2, 0.25) is 0 Å². The summed E-state index contributed by atoms with van der Waals surface area (Å²) >= 11 is 0. The first-order valence-corrected chi connectivity index (χ1v) is 29.1. The summed E-state index contributed by atoms with van der Waals surface area (Å²) in [5, 5.41) is 31.9. The molecule has 0 aromatic rings. The molecule has 1 saturated carbocycles. The summed E-state index contributed by atoms with van der Waals surface area (Å²) in [6.07, 6.45) is 26.7. The maximum atomic E-state index is 13.1. The lowest BCUT2D eigenvalue weighted by atomic mass is 9.85. The van der Waals surface area contributed by atoms with E-state index in [1.165, 1.54) is 57.8 Å². The standard InChI is InChI=1S/C47H83O19P3/c1-3-5-7-9-11-13-15-17-19-20-22-23-25-27-29-31-33-35-40(48)61-37-39(63-41(49)36-34-32-30-28-26-24-21-18-16-14-12-10-8-6-4-2)38-62-69(59,60)66-45-42(50)43(51)46(64-67(53,54)55)47(44(45)52)65-68(56,57)58/h11,13,17-19,21-23,27,29,39,42-47,50-52H,3-10,12,14-16,20,24-26,28,30-38H2,1-2H3,(H,59,60)(H2,53,54,55)(H2,56,57,58). The molecule has 0 amide bonds. The summed E-state index contributed by atoms with van der Waals surface area (Å²) in [7, 11) is -16.6. The fourth-order valence-electron chi connectivity index (χ4n) is 7.10. The van der Waals surface area contributed by atoms with Crippen LogP contribution in [0.4, 0.5) is 0 Å². The molecule has 1 fully saturated rings. The number of esters is 2. The van der Waals surface area contributed by atoms with Gasteiger partial charge in [-0.1, -0.05) is 139 Å². The average Bonchev–Trinajstić information content (AvgIpc) is 3.28. The van der Waals surface area contributed by atoms with Crippen LogP contribution in [-0.4, -0.2) is 108 Å². The van der Waals surface area contributed by atoms with Crippen molar-refractivity contribution in [1.82, 2.24) is 0 Å². The van der Waals surface area contributed by atoms with Crippen LogP contribution >= 0.6 is 23.5 Å². The molecule has 0 radical (unpaired) electrons. The third kappa shape index (κ3) is 34.8. The van der Waals surface area contributed by atoms with Crippen molar-refractivity contribution in [3.63, 3.8) is 0 Å². The van der Waals surface area contributed by atoms with Crippen LogP contribution in [-0.2, 0) is 50.9 Å². The Kier molecular flexibility index (Phi) is 36.2. The van der Waals surface area contributed by atoms with Crippen molar-refractivity contribution >= 4 is 35.4 Å². The van der Waals surface area contributed by atoms with Crippen molar-refractivity contribution in [1.29, 1.82) is 0 Å². The van der Waals surface area contributed by atoms with E-state index in [-0.39, 0.29) is 12.8 Å². The summed E-state index contributed by atoms with van der Waals surface area (Å²) in [5.74, 6) is -1.38. The number of phosphoric ester groups is 3. The number of unbranched alkanes of at least 4 members (excludes halogenated alkanes) is 15. The maximum absolute atomic E-state index is 13.1. The average molecular weight is 1050 g/mol. The van der Waals surface area contributed by atoms with E-state index in [9.17, 15) is 63.1 Å². The van der Waals surface area contributed by atoms with Crippen LogP contribution in [0, 0.1) is 0 Å². The monoisotopic (exact) mass is 1040 g/mol. The van der Waals surface area contributed by atoms with Crippen molar-refractivity contribution in [2.45, 2.75) is 211 Å². The van der Waals surface area contributed by atoms with Crippen LogP contribution in [0.1, 0.15) is 168 Å². The predicted molar refractivity (Wildman–Crippen MR) is 261 cm³/mol. The van der Waals surface area contributed by atoms with E-state index >= 15 is 0 Å². The molecular weight excluding hydrogens is 961 g/mol. The maximum Gasteiger partial charge on any atom is 0.472 e. The van der Waals surface area contributed by atoms with E-state index in [1.807, 2.05) is 18.2 Å². The fourth-order valence-corrected chi connectivity index (χ4v) is 9.19. The van der Waals surface area contributed by atoms with E-state index in [2.05, 4.69) is 65.4 Å². The topological polar surface area (TPSA) is 303 Å². The Morgan fingerprint density at radius 2 is 0.855 bits per heavy atom. The smallest absolute Gasteiger partial charge is 0.462 e. The minimum absolute atomic E-state index is 0.000423. The number of aliphatic hydroxyl groups excluding tert-OH is 3. The second-order valence-corrected chi connectivity index (χ2v) is 20.8. The van der Waals surface area contributed by atoms with Gasteiger partial charge in [0.1, 0.15) is 43.2 Å². The Balaban J connectivity index is 2.76. The predicted octanol–water partition coefficient (Wildman–Crippen LogP) is 9.18. The Hall–Kier alpha value is -2.15. The molecule has 0 heterocycles. The normalized spacial score (nSPS) is 21.8. The van der Waals surface area contributed by atoms with Gasteiger partial charge in [-0.2, -0.15) is 0 Å². The highest BCUT2D eigenvalue weighted by Crippen LogP contribution is 2.51. The minimum atomic E-state index is -5.61. The van der Waals surface area contributed by atoms with Gasteiger partial charge in [0.25, 0.3) is 0 Å². The van der Waals surface area contributed by atoms with Crippen molar-refractivity contribution in [3.8, 4) is 0 Å². The molecule has 19 nitrogen and oxygen atoms in total. The Bertz CT molecular complexity index is 1670. The third-order valence-electron chi connectivity index (χ3n) is 10.8. The number of phosphoric acid groups is 3. The van der Waals surface area contributed by atoms with E-state index in [0.717, 1.165) is 64.2 Å². The van der Waals surface area contributed by atoms with Crippen molar-refractivity contribution < 1.29 is 90.6 Å². The highest BCUT2D eigenvalue weighted by atomic mass is 31.2. The summed E-state index contributed by atoms with van der Waals surface area (Å²) < 4.78 is 65.4. The van der Waals surface area contributed by atoms with Crippen LogP contribution in [0.5, 0.6) is 0 Å². The van der Waals surface area contributed by atoms with Crippen LogP contribution in [0.25, 0.3) is 0 Å². The number of hydrogen-bond acceptors (Lipinski definition) is 14. The number of carbonyl (C=O) groups excluding carboxylic acids is 2. The largest absolute Gasteiger partial charge is 0.472 e. The lowest BCUT2D eigenvalue weighted by Crippen LogP contribution is -2.65. The lowest BCUT2D eigenvalue weighted by molar-refractivity contribution is -0.213. The number of rotatable bonds is 41. The van der Waals surface area contributed by atoms with Crippen molar-refractivity contribution in [2.24, 2.45) is 0 Å². The molecule has 22 heteroatoms. The van der Waals surface area contributed by atoms with Gasteiger partial charge >= 0.3 is 35.4 Å². The highest BCUT2D eigenvalue weighted by molar-refractivity contribution is 7.47. The van der Waals surface area contributed by atoms with Crippen LogP contribution < -0.4 is 0 Å². The number of hydrogen-bond donors (Lipinski definition) is 8. The third-order valence-corrected chi connectivity index (χ3v) is 12.8. The fraction of sp³-hybridized carbons (Fsp3) is 0.745. The minimum Gasteiger partial charge on any atom is -0.462 e. The summed E-state index contributed by atoms with van der Waals surface area (Å²) in [6, 6.07) is 0. The van der Waals surface area contributed by atoms with Gasteiger partial charge in [0.15, 0.2) is 6.10 Å². The SMILES string of the molecule is CCCCCC=CCC=CCC=CCC=CCCCC(=O)OCC(COP(=O)(O)OC1C(O)C(O)C(OP(=O)(O)O)C(OP(=O)(O)O)C1O)OC(=O)CCCCCCCC=CCCCCCCCC. The molecule has 0 saturated heterocycles. The van der Waals surface area contributed by atoms with Gasteiger partial charge in [-0.3, -0.25) is 27.7 Å². The van der Waals surface area contributed by atoms with Crippen LogP contribution in [0.3, 0.4) is 0 Å². The van der Waals surface area contributed by atoms with Gasteiger partial charge in [-0.05, 0) is 77.0 Å². The second kappa shape index (κ2) is 38.5. The van der Waals surface area contributed by atoms with Gasteiger partial charge in [0.2, 0.25) is 0 Å². The molecule has 0 aromatic heterocycles. The lowest BCUT2D eigenvalue weighted by Gasteiger charge is -2.44. The highest BCUT2D eigenvalue weighted by Gasteiger charge is 2.56. The van der Waals surface area contributed by atoms with Gasteiger partial charge in [0, 0.05) is 12.8 Å². The zero-order valence-electron chi connectivity index (χ0n) is 40.6. The molecule has 1 aliphatic rings. The molecule has 8 unspecified atom stereocenters. The van der Waals surface area contributed by atoms with E-state index in [4.69, 9.17) is 18.5 Å². The van der Waals surface area contributed by atoms with Crippen molar-refractivity contribution in [3.05, 3.63) is 60.8 Å². The molecule has 0 bridgehead atoms. The van der Waals surface area contributed by atoms with Gasteiger partial charge in [-0.25, -0.2) is 13.7 Å². The first-order valence-electron chi connectivity index (χ1n) is 24.6. The number of carbonyl (C=O) groups is 2. The molecule has 8 N–H and O–H groups in total. The quantitative estimate of drug-likeness (QED) is 0.0122. The van der Waals surface area contributed by atoms with Gasteiger partial charge in [-0.15, -0.1) is 0 Å². The molecule has 0 spiro atoms.